The lowest BCUT2D eigenvalue weighted by Crippen LogP contribution is -2.22. The van der Waals surface area contributed by atoms with Gasteiger partial charge in [0.2, 0.25) is 0 Å². The maximum Gasteiger partial charge on any atom is 0.303 e. The van der Waals surface area contributed by atoms with E-state index in [-0.39, 0.29) is 12.1 Å². The number of carbonyl (C=O) groups is 1. The molecule has 0 radical (unpaired) electrons. The van der Waals surface area contributed by atoms with Gasteiger partial charge in [0.15, 0.2) is 0 Å². The lowest BCUT2D eigenvalue weighted by atomic mass is 9.90. The summed E-state index contributed by atoms with van der Waals surface area (Å²) in [6.45, 7) is 9.16. The van der Waals surface area contributed by atoms with Crippen LogP contribution in [0.3, 0.4) is 0 Å². The summed E-state index contributed by atoms with van der Waals surface area (Å²) in [6, 6.07) is 0. The van der Waals surface area contributed by atoms with Crippen LogP contribution >= 0.6 is 0 Å². The Morgan fingerprint density at radius 3 is 2.75 bits per heavy atom. The molecule has 1 unspecified atom stereocenters. The zero-order valence-corrected chi connectivity index (χ0v) is 7.43. The lowest BCUT2D eigenvalue weighted by molar-refractivity contribution is -0.144. The van der Waals surface area contributed by atoms with Crippen molar-refractivity contribution in [3.8, 4) is 0 Å². The third-order valence-corrected chi connectivity index (χ3v) is 2.04. The molecule has 1 saturated carbocycles. The zero-order chi connectivity index (χ0) is 9.14. The van der Waals surface area contributed by atoms with Gasteiger partial charge in [0.05, 0.1) is 0 Å². The van der Waals surface area contributed by atoms with E-state index in [0.29, 0.717) is 0 Å². The highest BCUT2D eigenvalue weighted by Gasteiger charge is 2.21. The predicted octanol–water partition coefficient (Wildman–Crippen LogP) is 2.21. The molecule has 2 nitrogen and oxygen atoms in total. The molecule has 1 aliphatic carbocycles. The monoisotopic (exact) mass is 166 g/mol. The molecule has 0 N–H and O–H groups in total. The second-order valence-electron chi connectivity index (χ2n) is 3.21. The smallest absolute Gasteiger partial charge is 0.303 e. The van der Waals surface area contributed by atoms with Gasteiger partial charge in [-0.05, 0) is 18.4 Å². The molecular weight excluding hydrogens is 152 g/mol. The Kier molecular flexibility index (Phi) is 2.69. The van der Waals surface area contributed by atoms with Gasteiger partial charge in [0.1, 0.15) is 6.10 Å². The van der Waals surface area contributed by atoms with Crippen LogP contribution in [0, 0.1) is 0 Å². The molecular formula is C10H14O2. The molecule has 2 heteroatoms. The third-order valence-electron chi connectivity index (χ3n) is 2.04. The summed E-state index contributed by atoms with van der Waals surface area (Å²) in [5.41, 5.74) is 2.16. The van der Waals surface area contributed by atoms with Crippen molar-refractivity contribution in [2.24, 2.45) is 0 Å². The Morgan fingerprint density at radius 2 is 2.17 bits per heavy atom. The first-order valence-electron chi connectivity index (χ1n) is 4.11. The molecule has 66 valence electrons. The minimum absolute atomic E-state index is 0.122. The van der Waals surface area contributed by atoms with Gasteiger partial charge in [-0.2, -0.15) is 0 Å². The minimum atomic E-state index is -0.240. The van der Waals surface area contributed by atoms with E-state index in [0.717, 1.165) is 30.4 Å². The van der Waals surface area contributed by atoms with E-state index in [9.17, 15) is 4.79 Å². The summed E-state index contributed by atoms with van der Waals surface area (Å²) in [5, 5.41) is 0. The van der Waals surface area contributed by atoms with Crippen LogP contribution in [-0.4, -0.2) is 12.1 Å². The van der Waals surface area contributed by atoms with E-state index in [1.54, 1.807) is 0 Å². The molecule has 0 spiro atoms. The standard InChI is InChI=1S/C10H14O2/c1-7-4-5-8(2)10(6-7)12-9(3)11/h10H,1-2,4-6H2,3H3. The van der Waals surface area contributed by atoms with Crippen molar-refractivity contribution in [3.63, 3.8) is 0 Å². The summed E-state index contributed by atoms with van der Waals surface area (Å²) < 4.78 is 5.07. The van der Waals surface area contributed by atoms with Gasteiger partial charge >= 0.3 is 5.97 Å². The van der Waals surface area contributed by atoms with Gasteiger partial charge in [0, 0.05) is 13.3 Å². The van der Waals surface area contributed by atoms with Crippen molar-refractivity contribution in [1.82, 2.24) is 0 Å². The first-order chi connectivity index (χ1) is 5.59. The fraction of sp³-hybridized carbons (Fsp3) is 0.500. The maximum atomic E-state index is 10.7. The summed E-state index contributed by atoms with van der Waals surface area (Å²) >= 11 is 0. The predicted molar refractivity (Wildman–Crippen MR) is 47.7 cm³/mol. The molecule has 0 aromatic carbocycles. The van der Waals surface area contributed by atoms with Crippen LogP contribution in [0.2, 0.25) is 0 Å². The Morgan fingerprint density at radius 1 is 1.50 bits per heavy atom. The van der Waals surface area contributed by atoms with Gasteiger partial charge < -0.3 is 4.74 Å². The Bertz CT molecular complexity index is 226. The molecule has 12 heavy (non-hydrogen) atoms. The number of ether oxygens (including phenoxy) is 1. The van der Waals surface area contributed by atoms with Gasteiger partial charge in [0.25, 0.3) is 0 Å². The van der Waals surface area contributed by atoms with Crippen molar-refractivity contribution in [2.45, 2.75) is 32.3 Å². The fourth-order valence-corrected chi connectivity index (χ4v) is 1.33. The number of carbonyl (C=O) groups excluding carboxylic acids is 1. The summed E-state index contributed by atoms with van der Waals surface area (Å²) in [6.07, 6.45) is 2.51. The van der Waals surface area contributed by atoms with Crippen LogP contribution in [0.5, 0.6) is 0 Å². The van der Waals surface area contributed by atoms with Gasteiger partial charge in [-0.15, -0.1) is 0 Å². The molecule has 1 rings (SSSR count). The SMILES string of the molecule is C=C1CCC(=C)C(OC(C)=O)C1. The average molecular weight is 166 g/mol. The molecule has 1 aliphatic rings. The first-order valence-corrected chi connectivity index (χ1v) is 4.11. The molecule has 1 atom stereocenters. The first kappa shape index (κ1) is 9.04. The maximum absolute atomic E-state index is 10.7. The van der Waals surface area contributed by atoms with Crippen molar-refractivity contribution < 1.29 is 9.53 Å². The average Bonchev–Trinajstić information content (AvgIpc) is 1.96. The number of hydrogen-bond acceptors (Lipinski definition) is 2. The van der Waals surface area contributed by atoms with Gasteiger partial charge in [-0.3, -0.25) is 4.79 Å². The highest BCUT2D eigenvalue weighted by atomic mass is 16.5. The quantitative estimate of drug-likeness (QED) is 0.441. The zero-order valence-electron chi connectivity index (χ0n) is 7.43. The van der Waals surface area contributed by atoms with E-state index in [2.05, 4.69) is 13.2 Å². The molecule has 0 aromatic rings. The van der Waals surface area contributed by atoms with Crippen LogP contribution in [0.4, 0.5) is 0 Å². The number of rotatable bonds is 1. The molecule has 0 aliphatic heterocycles. The van der Waals surface area contributed by atoms with Crippen molar-refractivity contribution in [2.75, 3.05) is 0 Å². The van der Waals surface area contributed by atoms with Crippen molar-refractivity contribution >= 4 is 5.97 Å². The van der Waals surface area contributed by atoms with Gasteiger partial charge in [-0.1, -0.05) is 18.7 Å². The summed E-state index contributed by atoms with van der Waals surface area (Å²) in [7, 11) is 0. The van der Waals surface area contributed by atoms with E-state index in [1.165, 1.54) is 6.92 Å². The molecule has 0 bridgehead atoms. The van der Waals surface area contributed by atoms with Crippen LogP contribution in [0.15, 0.2) is 24.3 Å². The highest BCUT2D eigenvalue weighted by molar-refractivity contribution is 5.66. The molecule has 0 aromatic heterocycles. The number of esters is 1. The van der Waals surface area contributed by atoms with E-state index < -0.39 is 0 Å². The van der Waals surface area contributed by atoms with E-state index in [1.807, 2.05) is 0 Å². The molecule has 0 amide bonds. The molecule has 0 saturated heterocycles. The second kappa shape index (κ2) is 3.57. The van der Waals surface area contributed by atoms with E-state index >= 15 is 0 Å². The van der Waals surface area contributed by atoms with Crippen molar-refractivity contribution in [3.05, 3.63) is 24.3 Å². The number of hydrogen-bond donors (Lipinski definition) is 0. The Hall–Kier alpha value is -1.05. The summed E-state index contributed by atoms with van der Waals surface area (Å²) in [4.78, 5) is 10.7. The normalized spacial score (nSPS) is 23.9. The van der Waals surface area contributed by atoms with Crippen LogP contribution in [-0.2, 0) is 9.53 Å². The van der Waals surface area contributed by atoms with Crippen LogP contribution in [0.25, 0.3) is 0 Å². The van der Waals surface area contributed by atoms with Crippen LogP contribution < -0.4 is 0 Å². The van der Waals surface area contributed by atoms with E-state index in [4.69, 9.17) is 4.74 Å². The Balaban J connectivity index is 2.55. The van der Waals surface area contributed by atoms with Crippen LogP contribution in [0.1, 0.15) is 26.2 Å². The molecule has 0 heterocycles. The highest BCUT2D eigenvalue weighted by Crippen LogP contribution is 2.27. The minimum Gasteiger partial charge on any atom is -0.458 e. The fourth-order valence-electron chi connectivity index (χ4n) is 1.33. The topological polar surface area (TPSA) is 26.3 Å². The second-order valence-corrected chi connectivity index (χ2v) is 3.21. The molecule has 1 fully saturated rings. The third kappa shape index (κ3) is 2.22. The van der Waals surface area contributed by atoms with Crippen molar-refractivity contribution in [1.29, 1.82) is 0 Å². The summed E-state index contributed by atoms with van der Waals surface area (Å²) in [5.74, 6) is -0.240. The largest absolute Gasteiger partial charge is 0.458 e. The lowest BCUT2D eigenvalue weighted by Gasteiger charge is -2.25. The van der Waals surface area contributed by atoms with Gasteiger partial charge in [-0.25, -0.2) is 0 Å². The Labute approximate surface area is 72.9 Å².